The van der Waals surface area contributed by atoms with Crippen LogP contribution in [-0.4, -0.2) is 43.9 Å². The van der Waals surface area contributed by atoms with E-state index in [1.165, 1.54) is 26.4 Å². The Morgan fingerprint density at radius 2 is 1.73 bits per heavy atom. The summed E-state index contributed by atoms with van der Waals surface area (Å²) in [6.07, 6.45) is 0. The summed E-state index contributed by atoms with van der Waals surface area (Å²) in [7, 11) is 2.94. The largest absolute Gasteiger partial charge is 0.493 e. The molecule has 0 unspecified atom stereocenters. The lowest BCUT2D eigenvalue weighted by molar-refractivity contribution is -0.148. The van der Waals surface area contributed by atoms with Crippen molar-refractivity contribution >= 4 is 11.9 Å². The van der Waals surface area contributed by atoms with Crippen LogP contribution in [0.1, 0.15) is 15.9 Å². The minimum Gasteiger partial charge on any atom is -0.493 e. The number of hydrogen-bond acceptors (Lipinski definition) is 6. The van der Waals surface area contributed by atoms with E-state index in [0.29, 0.717) is 11.5 Å². The number of aliphatic hydroxyl groups is 1. The maximum absolute atomic E-state index is 12.3. The fraction of sp³-hybridized carbons (Fsp3) is 0.263. The number of methoxy groups -OCH3 is 2. The Balaban J connectivity index is 1.99. The van der Waals surface area contributed by atoms with Gasteiger partial charge >= 0.3 is 5.97 Å². The number of aliphatic hydroxyl groups excluding tert-OH is 1. The van der Waals surface area contributed by atoms with Gasteiger partial charge in [0.2, 0.25) is 0 Å². The van der Waals surface area contributed by atoms with Gasteiger partial charge in [-0.2, -0.15) is 0 Å². The van der Waals surface area contributed by atoms with Crippen molar-refractivity contribution in [2.75, 3.05) is 20.8 Å². The van der Waals surface area contributed by atoms with Gasteiger partial charge in [0.15, 0.2) is 17.5 Å². The minimum absolute atomic E-state index is 0.0579. The molecule has 0 aliphatic heterocycles. The van der Waals surface area contributed by atoms with Crippen molar-refractivity contribution in [1.29, 1.82) is 0 Å². The summed E-state index contributed by atoms with van der Waals surface area (Å²) >= 11 is 0. The molecule has 2 aromatic carbocycles. The lowest BCUT2D eigenvalue weighted by Gasteiger charge is -2.16. The Morgan fingerprint density at radius 1 is 1.04 bits per heavy atom. The number of ether oxygens (including phenoxy) is 3. The molecule has 0 aliphatic rings. The molecular weight excluding hydrogens is 338 g/mol. The molecule has 26 heavy (non-hydrogen) atoms. The number of esters is 1. The van der Waals surface area contributed by atoms with Crippen LogP contribution in [-0.2, 0) is 16.1 Å². The van der Waals surface area contributed by atoms with E-state index < -0.39 is 24.5 Å². The first-order chi connectivity index (χ1) is 12.6. The molecule has 0 spiro atoms. The van der Waals surface area contributed by atoms with Crippen molar-refractivity contribution < 1.29 is 28.9 Å². The van der Waals surface area contributed by atoms with Crippen molar-refractivity contribution in [3.63, 3.8) is 0 Å². The predicted octanol–water partition coefficient (Wildman–Crippen LogP) is 1.54. The summed E-state index contributed by atoms with van der Waals surface area (Å²) in [5, 5.41) is 11.9. The average Bonchev–Trinajstić information content (AvgIpc) is 2.70. The highest BCUT2D eigenvalue weighted by Gasteiger charge is 2.22. The average molecular weight is 359 g/mol. The molecule has 0 aliphatic carbocycles. The third kappa shape index (κ3) is 4.97. The zero-order chi connectivity index (χ0) is 18.9. The van der Waals surface area contributed by atoms with Crippen LogP contribution in [0.15, 0.2) is 48.5 Å². The molecule has 1 amide bonds. The van der Waals surface area contributed by atoms with Crippen LogP contribution in [0.4, 0.5) is 0 Å². The quantitative estimate of drug-likeness (QED) is 0.695. The van der Waals surface area contributed by atoms with E-state index in [2.05, 4.69) is 5.32 Å². The molecule has 2 N–H and O–H groups in total. The zero-order valence-corrected chi connectivity index (χ0v) is 14.6. The molecule has 0 heterocycles. The number of carbonyl (C=O) groups is 2. The molecule has 0 saturated heterocycles. The highest BCUT2D eigenvalue weighted by Crippen LogP contribution is 2.27. The highest BCUT2D eigenvalue weighted by atomic mass is 16.5. The molecule has 1 atom stereocenters. The summed E-state index contributed by atoms with van der Waals surface area (Å²) in [4.78, 5) is 24.4. The number of nitrogens with one attached hydrogen (secondary N) is 1. The number of benzene rings is 2. The van der Waals surface area contributed by atoms with Crippen LogP contribution in [0.2, 0.25) is 0 Å². The van der Waals surface area contributed by atoms with E-state index in [0.717, 1.165) is 5.56 Å². The van der Waals surface area contributed by atoms with Crippen LogP contribution in [0.5, 0.6) is 11.5 Å². The Labute approximate surface area is 151 Å². The molecule has 0 bridgehead atoms. The molecule has 0 aromatic heterocycles. The molecule has 7 heteroatoms. The van der Waals surface area contributed by atoms with Crippen molar-refractivity contribution in [3.05, 3.63) is 59.7 Å². The summed E-state index contributed by atoms with van der Waals surface area (Å²) in [5.74, 6) is -0.399. The third-order valence-corrected chi connectivity index (χ3v) is 3.64. The molecule has 138 valence electrons. The van der Waals surface area contributed by atoms with E-state index in [1.54, 1.807) is 6.07 Å². The Hall–Kier alpha value is -3.06. The van der Waals surface area contributed by atoms with E-state index in [-0.39, 0.29) is 12.2 Å². The van der Waals surface area contributed by atoms with Gasteiger partial charge < -0.3 is 24.6 Å². The maximum Gasteiger partial charge on any atom is 0.331 e. The van der Waals surface area contributed by atoms with Gasteiger partial charge in [-0.25, -0.2) is 4.79 Å². The van der Waals surface area contributed by atoms with Gasteiger partial charge in [0, 0.05) is 5.56 Å². The second-order valence-corrected chi connectivity index (χ2v) is 5.37. The van der Waals surface area contributed by atoms with Crippen LogP contribution >= 0.6 is 0 Å². The molecule has 2 aromatic rings. The van der Waals surface area contributed by atoms with Gasteiger partial charge in [0.05, 0.1) is 20.8 Å². The van der Waals surface area contributed by atoms with Crippen LogP contribution < -0.4 is 14.8 Å². The van der Waals surface area contributed by atoms with Gasteiger partial charge in [-0.05, 0) is 23.8 Å². The molecule has 7 nitrogen and oxygen atoms in total. The Morgan fingerprint density at radius 3 is 2.35 bits per heavy atom. The van der Waals surface area contributed by atoms with Crippen molar-refractivity contribution in [2.24, 2.45) is 0 Å². The van der Waals surface area contributed by atoms with Gasteiger partial charge in [0.25, 0.3) is 5.91 Å². The molecule has 0 saturated carbocycles. The van der Waals surface area contributed by atoms with E-state index >= 15 is 0 Å². The van der Waals surface area contributed by atoms with Gasteiger partial charge in [0.1, 0.15) is 6.61 Å². The van der Waals surface area contributed by atoms with E-state index in [1.807, 2.05) is 30.3 Å². The number of hydrogen-bond donors (Lipinski definition) is 2. The number of rotatable bonds is 8. The predicted molar refractivity (Wildman–Crippen MR) is 94.1 cm³/mol. The summed E-state index contributed by atoms with van der Waals surface area (Å²) in [6, 6.07) is 12.5. The third-order valence-electron chi connectivity index (χ3n) is 3.64. The number of carbonyl (C=O) groups excluding carboxylic acids is 2. The van der Waals surface area contributed by atoms with Crippen molar-refractivity contribution in [3.8, 4) is 11.5 Å². The van der Waals surface area contributed by atoms with Crippen LogP contribution in [0, 0.1) is 0 Å². The molecule has 0 fully saturated rings. The first-order valence-electron chi connectivity index (χ1n) is 7.93. The van der Waals surface area contributed by atoms with Crippen LogP contribution in [0.25, 0.3) is 0 Å². The van der Waals surface area contributed by atoms with Gasteiger partial charge in [-0.15, -0.1) is 0 Å². The van der Waals surface area contributed by atoms with Gasteiger partial charge in [-0.3, -0.25) is 4.79 Å². The first kappa shape index (κ1) is 19.3. The zero-order valence-electron chi connectivity index (χ0n) is 14.6. The highest BCUT2D eigenvalue weighted by molar-refractivity contribution is 5.97. The smallest absolute Gasteiger partial charge is 0.331 e. The van der Waals surface area contributed by atoms with E-state index in [9.17, 15) is 14.7 Å². The SMILES string of the molecule is COc1ccc(C(=O)N[C@@H](CO)C(=O)OCc2ccccc2)cc1OC. The fourth-order valence-electron chi connectivity index (χ4n) is 2.23. The standard InChI is InChI=1S/C19H21NO6/c1-24-16-9-8-14(10-17(16)25-2)18(22)20-15(11-21)19(23)26-12-13-6-4-3-5-7-13/h3-10,15,21H,11-12H2,1-2H3,(H,20,22)/t15-/m0/s1. The van der Waals surface area contributed by atoms with Crippen molar-refractivity contribution in [2.45, 2.75) is 12.6 Å². The maximum atomic E-state index is 12.3. The second kappa shape index (κ2) is 9.43. The summed E-state index contributed by atoms with van der Waals surface area (Å²) in [5.41, 5.74) is 1.07. The van der Waals surface area contributed by atoms with Gasteiger partial charge in [-0.1, -0.05) is 30.3 Å². The molecule has 0 radical (unpaired) electrons. The lowest BCUT2D eigenvalue weighted by Crippen LogP contribution is -2.44. The van der Waals surface area contributed by atoms with E-state index in [4.69, 9.17) is 14.2 Å². The van der Waals surface area contributed by atoms with Crippen LogP contribution in [0.3, 0.4) is 0 Å². The lowest BCUT2D eigenvalue weighted by atomic mass is 10.1. The number of amides is 1. The molecular formula is C19H21NO6. The minimum atomic E-state index is -1.17. The first-order valence-corrected chi connectivity index (χ1v) is 7.93. The fourth-order valence-corrected chi connectivity index (χ4v) is 2.23. The monoisotopic (exact) mass is 359 g/mol. The summed E-state index contributed by atoms with van der Waals surface area (Å²) < 4.78 is 15.4. The normalized spacial score (nSPS) is 11.3. The molecule has 2 rings (SSSR count). The van der Waals surface area contributed by atoms with Crippen molar-refractivity contribution in [1.82, 2.24) is 5.32 Å². The Kier molecular flexibility index (Phi) is 6.99. The second-order valence-electron chi connectivity index (χ2n) is 5.37. The summed E-state index contributed by atoms with van der Waals surface area (Å²) in [6.45, 7) is -0.519. The topological polar surface area (TPSA) is 94.1 Å². The Bertz CT molecular complexity index is 747.